The summed E-state index contributed by atoms with van der Waals surface area (Å²) in [6.45, 7) is 2.92. The molecule has 0 fully saturated rings. The Hall–Kier alpha value is -1.36. The predicted molar refractivity (Wildman–Crippen MR) is 80.2 cm³/mol. The van der Waals surface area contributed by atoms with Crippen LogP contribution in [-0.2, 0) is 6.54 Å². The van der Waals surface area contributed by atoms with Gasteiger partial charge in [0.05, 0.1) is 18.2 Å². The van der Waals surface area contributed by atoms with Crippen LogP contribution in [0.4, 0.5) is 4.39 Å². The maximum Gasteiger partial charge on any atom is 0.188 e. The van der Waals surface area contributed by atoms with Gasteiger partial charge in [-0.15, -0.1) is 24.0 Å². The van der Waals surface area contributed by atoms with Crippen LogP contribution in [0.1, 0.15) is 24.5 Å². The van der Waals surface area contributed by atoms with Crippen LogP contribution in [0.3, 0.4) is 0 Å². The SMILES string of the molecule is CCCNC(N)=NCc1ccc(C#N)cc1F.I. The molecule has 6 heteroatoms. The number of hydrogen-bond donors (Lipinski definition) is 2. The number of nitrogens with zero attached hydrogens (tertiary/aromatic N) is 2. The number of nitrogens with two attached hydrogens (primary N) is 1. The van der Waals surface area contributed by atoms with Gasteiger partial charge in [-0.05, 0) is 18.6 Å². The fourth-order valence-corrected chi connectivity index (χ4v) is 1.22. The summed E-state index contributed by atoms with van der Waals surface area (Å²) in [5.41, 5.74) is 6.30. The lowest BCUT2D eigenvalue weighted by atomic mass is 10.1. The predicted octanol–water partition coefficient (Wildman–Crippen LogP) is 2.13. The Morgan fingerprint density at radius 1 is 1.56 bits per heavy atom. The van der Waals surface area contributed by atoms with Gasteiger partial charge >= 0.3 is 0 Å². The molecule has 0 spiro atoms. The van der Waals surface area contributed by atoms with Gasteiger partial charge in [-0.3, -0.25) is 0 Å². The van der Waals surface area contributed by atoms with E-state index in [9.17, 15) is 4.39 Å². The van der Waals surface area contributed by atoms with Gasteiger partial charge in [0, 0.05) is 12.1 Å². The van der Waals surface area contributed by atoms with Crippen molar-refractivity contribution in [1.29, 1.82) is 5.26 Å². The lowest BCUT2D eigenvalue weighted by Crippen LogP contribution is -2.32. The first-order chi connectivity index (χ1) is 8.17. The van der Waals surface area contributed by atoms with Gasteiger partial charge in [0.2, 0.25) is 0 Å². The van der Waals surface area contributed by atoms with Gasteiger partial charge in [0.15, 0.2) is 5.96 Å². The van der Waals surface area contributed by atoms with Crippen molar-refractivity contribution in [2.45, 2.75) is 19.9 Å². The summed E-state index contributed by atoms with van der Waals surface area (Å²) in [6, 6.07) is 6.18. The minimum Gasteiger partial charge on any atom is -0.370 e. The Bertz CT molecular complexity index is 454. The second-order valence-corrected chi connectivity index (χ2v) is 3.55. The van der Waals surface area contributed by atoms with Gasteiger partial charge in [-0.1, -0.05) is 13.0 Å². The summed E-state index contributed by atoms with van der Waals surface area (Å²) < 4.78 is 13.5. The zero-order valence-electron chi connectivity index (χ0n) is 10.1. The van der Waals surface area contributed by atoms with Crippen LogP contribution in [-0.4, -0.2) is 12.5 Å². The largest absolute Gasteiger partial charge is 0.370 e. The number of guanidine groups is 1. The van der Waals surface area contributed by atoms with Gasteiger partial charge in [-0.25, -0.2) is 9.38 Å². The number of hydrogen-bond acceptors (Lipinski definition) is 2. The number of aliphatic imine (C=N–C) groups is 1. The Kier molecular flexibility index (Phi) is 8.03. The van der Waals surface area contributed by atoms with Crippen molar-refractivity contribution in [2.75, 3.05) is 6.54 Å². The number of benzene rings is 1. The van der Waals surface area contributed by atoms with Gasteiger partial charge in [0.1, 0.15) is 5.82 Å². The minimum absolute atomic E-state index is 0. The number of nitrogens with one attached hydrogen (secondary N) is 1. The smallest absolute Gasteiger partial charge is 0.188 e. The third-order valence-corrected chi connectivity index (χ3v) is 2.16. The topological polar surface area (TPSA) is 74.2 Å². The highest BCUT2D eigenvalue weighted by molar-refractivity contribution is 14.0. The van der Waals surface area contributed by atoms with Crippen molar-refractivity contribution in [1.82, 2.24) is 5.32 Å². The first-order valence-corrected chi connectivity index (χ1v) is 5.39. The third-order valence-electron chi connectivity index (χ3n) is 2.16. The van der Waals surface area contributed by atoms with E-state index < -0.39 is 5.82 Å². The summed E-state index contributed by atoms with van der Waals surface area (Å²) in [7, 11) is 0. The lowest BCUT2D eigenvalue weighted by molar-refractivity contribution is 0.610. The normalized spacial score (nSPS) is 10.4. The molecule has 0 amide bonds. The van der Waals surface area contributed by atoms with E-state index in [1.165, 1.54) is 6.07 Å². The number of rotatable bonds is 4. The van der Waals surface area contributed by atoms with Crippen molar-refractivity contribution in [3.05, 3.63) is 35.1 Å². The summed E-state index contributed by atoms with van der Waals surface area (Å²) in [6.07, 6.45) is 0.946. The Morgan fingerprint density at radius 2 is 2.28 bits per heavy atom. The molecule has 0 aliphatic heterocycles. The molecule has 1 aromatic rings. The second kappa shape index (κ2) is 8.69. The fraction of sp³-hybridized carbons (Fsp3) is 0.333. The molecule has 1 aromatic carbocycles. The standard InChI is InChI=1S/C12H15FN4.HI/c1-2-5-16-12(15)17-8-10-4-3-9(7-14)6-11(10)13;/h3-4,6H,2,5,8H2,1H3,(H3,15,16,17);1H. The molecule has 3 N–H and O–H groups in total. The maximum atomic E-state index is 13.5. The average Bonchev–Trinajstić information content (AvgIpc) is 2.34. The molecule has 0 atom stereocenters. The van der Waals surface area contributed by atoms with E-state index in [1.807, 2.05) is 13.0 Å². The lowest BCUT2D eigenvalue weighted by Gasteiger charge is -2.04. The van der Waals surface area contributed by atoms with Crippen LogP contribution in [0.25, 0.3) is 0 Å². The van der Waals surface area contributed by atoms with E-state index in [-0.39, 0.29) is 30.5 Å². The summed E-state index contributed by atoms with van der Waals surface area (Å²) in [5, 5.41) is 11.5. The molecule has 0 saturated heterocycles. The molecule has 98 valence electrons. The molecule has 0 aromatic heterocycles. The number of halogens is 2. The highest BCUT2D eigenvalue weighted by atomic mass is 127. The summed E-state index contributed by atoms with van der Waals surface area (Å²) in [4.78, 5) is 4.01. The monoisotopic (exact) mass is 362 g/mol. The Labute approximate surface area is 123 Å². The fourth-order valence-electron chi connectivity index (χ4n) is 1.22. The highest BCUT2D eigenvalue weighted by Crippen LogP contribution is 2.10. The first-order valence-electron chi connectivity index (χ1n) is 5.39. The van der Waals surface area contributed by atoms with Crippen molar-refractivity contribution >= 4 is 29.9 Å². The van der Waals surface area contributed by atoms with Crippen LogP contribution < -0.4 is 11.1 Å². The molecule has 0 aliphatic rings. The molecule has 0 bridgehead atoms. The first kappa shape index (κ1) is 16.6. The molecular formula is C12H16FIN4. The minimum atomic E-state index is -0.434. The van der Waals surface area contributed by atoms with Gasteiger partial charge < -0.3 is 11.1 Å². The van der Waals surface area contributed by atoms with Crippen molar-refractivity contribution < 1.29 is 4.39 Å². The molecule has 0 unspecified atom stereocenters. The quantitative estimate of drug-likeness (QED) is 0.490. The summed E-state index contributed by atoms with van der Waals surface area (Å²) >= 11 is 0. The van der Waals surface area contributed by atoms with E-state index in [0.717, 1.165) is 13.0 Å². The molecule has 1 rings (SSSR count). The molecule has 0 saturated carbocycles. The van der Waals surface area contributed by atoms with E-state index in [2.05, 4.69) is 10.3 Å². The van der Waals surface area contributed by atoms with Crippen LogP contribution in [0.2, 0.25) is 0 Å². The van der Waals surface area contributed by atoms with Gasteiger partial charge in [-0.2, -0.15) is 5.26 Å². The van der Waals surface area contributed by atoms with E-state index in [1.54, 1.807) is 12.1 Å². The van der Waals surface area contributed by atoms with Crippen molar-refractivity contribution in [3.8, 4) is 6.07 Å². The maximum absolute atomic E-state index is 13.5. The van der Waals surface area contributed by atoms with E-state index in [4.69, 9.17) is 11.0 Å². The van der Waals surface area contributed by atoms with Gasteiger partial charge in [0.25, 0.3) is 0 Å². The second-order valence-electron chi connectivity index (χ2n) is 3.55. The third kappa shape index (κ3) is 5.31. The van der Waals surface area contributed by atoms with E-state index >= 15 is 0 Å². The molecular weight excluding hydrogens is 346 g/mol. The molecule has 0 heterocycles. The zero-order chi connectivity index (χ0) is 12.7. The van der Waals surface area contributed by atoms with Crippen molar-refractivity contribution in [2.24, 2.45) is 10.7 Å². The van der Waals surface area contributed by atoms with Crippen LogP contribution >= 0.6 is 24.0 Å². The molecule has 0 aliphatic carbocycles. The Balaban J connectivity index is 0.00000289. The molecule has 0 radical (unpaired) electrons. The van der Waals surface area contributed by atoms with Crippen LogP contribution in [0.15, 0.2) is 23.2 Å². The zero-order valence-corrected chi connectivity index (χ0v) is 12.4. The van der Waals surface area contributed by atoms with Crippen LogP contribution in [0.5, 0.6) is 0 Å². The average molecular weight is 362 g/mol. The Morgan fingerprint density at radius 3 is 2.83 bits per heavy atom. The van der Waals surface area contributed by atoms with Crippen molar-refractivity contribution in [3.63, 3.8) is 0 Å². The molecule has 18 heavy (non-hydrogen) atoms. The molecule has 4 nitrogen and oxygen atoms in total. The number of nitriles is 1. The highest BCUT2D eigenvalue weighted by Gasteiger charge is 2.02. The van der Waals surface area contributed by atoms with Crippen LogP contribution in [0, 0.1) is 17.1 Å². The van der Waals surface area contributed by atoms with E-state index in [0.29, 0.717) is 17.1 Å². The summed E-state index contributed by atoms with van der Waals surface area (Å²) in [5.74, 6) is -0.133.